The Bertz CT molecular complexity index is 1140. The Morgan fingerprint density at radius 1 is 1.36 bits per heavy atom. The van der Waals surface area contributed by atoms with Crippen molar-refractivity contribution in [2.45, 2.75) is 19.9 Å². The van der Waals surface area contributed by atoms with Gasteiger partial charge in [0.1, 0.15) is 5.75 Å². The highest BCUT2D eigenvalue weighted by atomic mass is 32.1. The highest BCUT2D eigenvalue weighted by Crippen LogP contribution is 2.24. The van der Waals surface area contributed by atoms with E-state index in [0.29, 0.717) is 21.8 Å². The number of nitrogens with zero attached hydrogens (tertiary/aromatic N) is 3. The van der Waals surface area contributed by atoms with Gasteiger partial charge in [0.25, 0.3) is 11.6 Å². The number of carbonyl (C=O) groups is 1. The molecule has 3 aromatic rings. The number of aromatic nitrogens is 1. The molecule has 1 aromatic heterocycles. The molecular formula is C20H19N3O4S. The minimum atomic E-state index is -0.441. The van der Waals surface area contributed by atoms with E-state index in [1.807, 2.05) is 29.7 Å². The quantitative estimate of drug-likeness (QED) is 0.360. The van der Waals surface area contributed by atoms with E-state index < -0.39 is 4.92 Å². The predicted molar refractivity (Wildman–Crippen MR) is 109 cm³/mol. The molecule has 1 heterocycles. The number of aryl methyl sites for hydroxylation is 1. The van der Waals surface area contributed by atoms with Crippen LogP contribution in [0.25, 0.3) is 10.2 Å². The van der Waals surface area contributed by atoms with Crippen LogP contribution >= 0.6 is 11.3 Å². The van der Waals surface area contributed by atoms with Crippen molar-refractivity contribution < 1.29 is 14.5 Å². The number of fused-ring (bicyclic) bond motifs is 1. The number of methoxy groups -OCH3 is 1. The van der Waals surface area contributed by atoms with Crippen LogP contribution in [0.3, 0.4) is 0 Å². The number of hydrogen-bond donors (Lipinski definition) is 0. The van der Waals surface area contributed by atoms with E-state index in [1.54, 1.807) is 19.3 Å². The molecule has 0 unspecified atom stereocenters. The van der Waals surface area contributed by atoms with E-state index in [0.717, 1.165) is 16.6 Å². The number of hydrogen-bond acceptors (Lipinski definition) is 5. The maximum atomic E-state index is 12.6. The van der Waals surface area contributed by atoms with Gasteiger partial charge < -0.3 is 9.30 Å². The van der Waals surface area contributed by atoms with Crippen LogP contribution < -0.4 is 9.54 Å². The van der Waals surface area contributed by atoms with Crippen molar-refractivity contribution in [2.24, 2.45) is 4.99 Å². The first-order valence-electron chi connectivity index (χ1n) is 8.52. The molecule has 0 radical (unpaired) electrons. The van der Waals surface area contributed by atoms with Gasteiger partial charge in [-0.1, -0.05) is 35.1 Å². The number of amides is 1. The van der Waals surface area contributed by atoms with Crippen molar-refractivity contribution >= 4 is 33.1 Å². The van der Waals surface area contributed by atoms with Gasteiger partial charge in [-0.15, -0.1) is 6.58 Å². The molecule has 0 spiro atoms. The van der Waals surface area contributed by atoms with Crippen molar-refractivity contribution in [3.63, 3.8) is 0 Å². The van der Waals surface area contributed by atoms with E-state index in [2.05, 4.69) is 11.6 Å². The summed E-state index contributed by atoms with van der Waals surface area (Å²) in [6, 6.07) is 10.2. The van der Waals surface area contributed by atoms with Gasteiger partial charge in [-0.3, -0.25) is 14.9 Å². The standard InChI is InChI=1S/C20H19N3O4S/c1-4-9-22-16-7-6-15(23(25)26)12-18(16)28-20(22)21-19(24)11-14-10-13(2)5-8-17(14)27-3/h4-8,10,12H,1,9,11H2,2-3H3. The third kappa shape index (κ3) is 4.01. The number of carbonyl (C=O) groups excluding carboxylic acids is 1. The number of thiazole rings is 1. The number of allylic oxidation sites excluding steroid dienone is 1. The zero-order valence-corrected chi connectivity index (χ0v) is 16.4. The number of nitro benzene ring substituents is 1. The first kappa shape index (κ1) is 19.5. The first-order chi connectivity index (χ1) is 13.4. The second-order valence-electron chi connectivity index (χ2n) is 6.19. The summed E-state index contributed by atoms with van der Waals surface area (Å²) in [6.07, 6.45) is 1.80. The van der Waals surface area contributed by atoms with Gasteiger partial charge in [-0.25, -0.2) is 0 Å². The number of ether oxygens (including phenoxy) is 1. The SMILES string of the molecule is C=CCn1c(=NC(=O)Cc2cc(C)ccc2OC)sc2cc([N+](=O)[O-])ccc21. The summed E-state index contributed by atoms with van der Waals surface area (Å²) in [7, 11) is 1.56. The summed E-state index contributed by atoms with van der Waals surface area (Å²) in [6.45, 7) is 6.13. The smallest absolute Gasteiger partial charge is 0.270 e. The summed E-state index contributed by atoms with van der Waals surface area (Å²) in [5.74, 6) is 0.322. The molecule has 3 rings (SSSR count). The molecule has 0 fully saturated rings. The topological polar surface area (TPSA) is 86.7 Å². The Hall–Kier alpha value is -3.26. The molecule has 0 aliphatic heterocycles. The summed E-state index contributed by atoms with van der Waals surface area (Å²) >= 11 is 1.24. The molecule has 0 aliphatic rings. The fourth-order valence-corrected chi connectivity index (χ4v) is 4.01. The molecule has 0 saturated heterocycles. The number of nitro groups is 1. The Morgan fingerprint density at radius 2 is 2.14 bits per heavy atom. The van der Waals surface area contributed by atoms with Crippen molar-refractivity contribution in [1.82, 2.24) is 4.57 Å². The van der Waals surface area contributed by atoms with E-state index in [1.165, 1.54) is 23.5 Å². The van der Waals surface area contributed by atoms with Crippen LogP contribution in [0.4, 0.5) is 5.69 Å². The fourth-order valence-electron chi connectivity index (χ4n) is 2.92. The summed E-state index contributed by atoms with van der Waals surface area (Å²) in [5.41, 5.74) is 2.57. The number of rotatable bonds is 6. The fraction of sp³-hybridized carbons (Fsp3) is 0.200. The van der Waals surface area contributed by atoms with Gasteiger partial charge in [-0.2, -0.15) is 4.99 Å². The van der Waals surface area contributed by atoms with Gasteiger partial charge in [0.05, 0.1) is 28.7 Å². The van der Waals surface area contributed by atoms with Crippen molar-refractivity contribution in [3.05, 3.63) is 75.1 Å². The summed E-state index contributed by atoms with van der Waals surface area (Å²) in [5, 5.41) is 11.0. The first-order valence-corrected chi connectivity index (χ1v) is 9.34. The van der Waals surface area contributed by atoms with E-state index in [-0.39, 0.29) is 18.0 Å². The van der Waals surface area contributed by atoms with Crippen LogP contribution in [0.2, 0.25) is 0 Å². The average Bonchev–Trinajstić information content (AvgIpc) is 2.98. The van der Waals surface area contributed by atoms with Crippen LogP contribution in [0, 0.1) is 17.0 Å². The maximum Gasteiger partial charge on any atom is 0.270 e. The highest BCUT2D eigenvalue weighted by Gasteiger charge is 2.13. The Kier molecular flexibility index (Phi) is 5.70. The van der Waals surface area contributed by atoms with Crippen molar-refractivity contribution in [2.75, 3.05) is 7.11 Å². The van der Waals surface area contributed by atoms with Gasteiger partial charge in [0.2, 0.25) is 0 Å². The van der Waals surface area contributed by atoms with Crippen LogP contribution in [-0.2, 0) is 17.8 Å². The van der Waals surface area contributed by atoms with Crippen molar-refractivity contribution in [3.8, 4) is 5.75 Å². The minimum absolute atomic E-state index is 0.00174. The average molecular weight is 397 g/mol. The monoisotopic (exact) mass is 397 g/mol. The maximum absolute atomic E-state index is 12.6. The molecule has 28 heavy (non-hydrogen) atoms. The lowest BCUT2D eigenvalue weighted by atomic mass is 10.1. The molecule has 1 amide bonds. The largest absolute Gasteiger partial charge is 0.496 e. The number of benzene rings is 2. The van der Waals surface area contributed by atoms with E-state index >= 15 is 0 Å². The molecule has 8 heteroatoms. The predicted octanol–water partition coefficient (Wildman–Crippen LogP) is 3.78. The molecule has 0 atom stereocenters. The molecule has 7 nitrogen and oxygen atoms in total. The Labute approximate surface area is 165 Å². The van der Waals surface area contributed by atoms with Gasteiger partial charge in [0, 0.05) is 24.2 Å². The molecular weight excluding hydrogens is 378 g/mol. The zero-order chi connectivity index (χ0) is 20.3. The summed E-state index contributed by atoms with van der Waals surface area (Å²) < 4.78 is 7.84. The number of non-ortho nitro benzene ring substituents is 1. The minimum Gasteiger partial charge on any atom is -0.496 e. The van der Waals surface area contributed by atoms with Gasteiger partial charge in [0.15, 0.2) is 4.80 Å². The lowest BCUT2D eigenvalue weighted by molar-refractivity contribution is -0.384. The van der Waals surface area contributed by atoms with E-state index in [9.17, 15) is 14.9 Å². The van der Waals surface area contributed by atoms with Crippen LogP contribution in [0.1, 0.15) is 11.1 Å². The molecule has 0 aliphatic carbocycles. The summed E-state index contributed by atoms with van der Waals surface area (Å²) in [4.78, 5) is 27.9. The van der Waals surface area contributed by atoms with Gasteiger partial charge >= 0.3 is 0 Å². The second-order valence-corrected chi connectivity index (χ2v) is 7.20. The molecule has 2 aromatic carbocycles. The van der Waals surface area contributed by atoms with Gasteiger partial charge in [-0.05, 0) is 19.1 Å². The third-order valence-electron chi connectivity index (χ3n) is 4.19. The van der Waals surface area contributed by atoms with Crippen molar-refractivity contribution in [1.29, 1.82) is 0 Å². The Balaban J connectivity index is 2.03. The van der Waals surface area contributed by atoms with Crippen LogP contribution in [0.5, 0.6) is 5.75 Å². The lowest BCUT2D eigenvalue weighted by Crippen LogP contribution is -2.17. The van der Waals surface area contributed by atoms with Crippen LogP contribution in [0.15, 0.2) is 54.0 Å². The molecule has 0 bridgehead atoms. The second kappa shape index (κ2) is 8.18. The third-order valence-corrected chi connectivity index (χ3v) is 5.23. The van der Waals surface area contributed by atoms with Crippen LogP contribution in [-0.4, -0.2) is 22.5 Å². The lowest BCUT2D eigenvalue weighted by Gasteiger charge is -2.07. The zero-order valence-electron chi connectivity index (χ0n) is 15.5. The van der Waals surface area contributed by atoms with E-state index in [4.69, 9.17) is 4.74 Å². The normalized spacial score (nSPS) is 11.6. The molecule has 0 N–H and O–H groups in total. The Morgan fingerprint density at radius 3 is 2.82 bits per heavy atom. The molecule has 0 saturated carbocycles. The highest BCUT2D eigenvalue weighted by molar-refractivity contribution is 7.16. The molecule has 144 valence electrons.